The summed E-state index contributed by atoms with van der Waals surface area (Å²) in [6, 6.07) is 4.29. The Morgan fingerprint density at radius 2 is 1.60 bits per heavy atom. The van der Waals surface area contributed by atoms with Gasteiger partial charge in [-0.2, -0.15) is 0 Å². The fourth-order valence-electron chi connectivity index (χ4n) is 2.64. The van der Waals surface area contributed by atoms with Gasteiger partial charge in [0.05, 0.1) is 5.60 Å². The number of hydrogen-bond donors (Lipinski definition) is 1. The van der Waals surface area contributed by atoms with Crippen molar-refractivity contribution >= 4 is 0 Å². The first-order chi connectivity index (χ1) is 6.88. The maximum atomic E-state index is 10.4. The molecule has 0 aromatic heterocycles. The molecule has 1 rings (SSSR count). The van der Waals surface area contributed by atoms with E-state index in [0.717, 1.165) is 18.4 Å². The quantitative estimate of drug-likeness (QED) is 0.801. The van der Waals surface area contributed by atoms with Crippen molar-refractivity contribution < 1.29 is 5.11 Å². The minimum absolute atomic E-state index is 0.684. The van der Waals surface area contributed by atoms with Crippen LogP contribution >= 0.6 is 0 Å². The SMILES string of the molecule is CCC[C@](C)(O)c1c(C)cc(C)cc1C. The van der Waals surface area contributed by atoms with Crippen molar-refractivity contribution in [2.45, 2.75) is 53.1 Å². The van der Waals surface area contributed by atoms with E-state index in [1.54, 1.807) is 0 Å². The lowest BCUT2D eigenvalue weighted by molar-refractivity contribution is 0.0457. The summed E-state index contributed by atoms with van der Waals surface area (Å²) in [4.78, 5) is 0. The summed E-state index contributed by atoms with van der Waals surface area (Å²) in [6.07, 6.45) is 1.82. The van der Waals surface area contributed by atoms with Gasteiger partial charge in [-0.25, -0.2) is 0 Å². The van der Waals surface area contributed by atoms with Crippen LogP contribution in [-0.4, -0.2) is 5.11 Å². The van der Waals surface area contributed by atoms with Gasteiger partial charge in [0.2, 0.25) is 0 Å². The number of aryl methyl sites for hydroxylation is 3. The van der Waals surface area contributed by atoms with E-state index in [1.165, 1.54) is 16.7 Å². The lowest BCUT2D eigenvalue weighted by Crippen LogP contribution is -2.23. The summed E-state index contributed by atoms with van der Waals surface area (Å²) in [5, 5.41) is 10.4. The van der Waals surface area contributed by atoms with E-state index in [9.17, 15) is 5.11 Å². The molecule has 0 saturated heterocycles. The van der Waals surface area contributed by atoms with Crippen LogP contribution in [0.5, 0.6) is 0 Å². The van der Waals surface area contributed by atoms with Crippen LogP contribution in [0.1, 0.15) is 48.9 Å². The molecule has 1 N–H and O–H groups in total. The minimum Gasteiger partial charge on any atom is -0.385 e. The average Bonchev–Trinajstić information content (AvgIpc) is 1.99. The molecule has 0 unspecified atom stereocenters. The van der Waals surface area contributed by atoms with Gasteiger partial charge in [-0.15, -0.1) is 0 Å². The largest absolute Gasteiger partial charge is 0.385 e. The molecule has 1 aromatic carbocycles. The second-order valence-electron chi connectivity index (χ2n) is 4.80. The van der Waals surface area contributed by atoms with Gasteiger partial charge < -0.3 is 5.11 Å². The predicted molar refractivity (Wildman–Crippen MR) is 65.1 cm³/mol. The number of rotatable bonds is 3. The second kappa shape index (κ2) is 4.36. The number of hydrogen-bond acceptors (Lipinski definition) is 1. The van der Waals surface area contributed by atoms with Crippen molar-refractivity contribution in [1.29, 1.82) is 0 Å². The van der Waals surface area contributed by atoms with Crippen LogP contribution in [0.2, 0.25) is 0 Å². The highest BCUT2D eigenvalue weighted by molar-refractivity contribution is 5.40. The van der Waals surface area contributed by atoms with E-state index in [2.05, 4.69) is 39.8 Å². The normalized spacial score (nSPS) is 15.1. The molecule has 0 aliphatic rings. The summed E-state index contributed by atoms with van der Waals surface area (Å²) in [5.74, 6) is 0. The smallest absolute Gasteiger partial charge is 0.0873 e. The van der Waals surface area contributed by atoms with Gasteiger partial charge in [0.25, 0.3) is 0 Å². The van der Waals surface area contributed by atoms with Crippen LogP contribution in [-0.2, 0) is 5.60 Å². The second-order valence-corrected chi connectivity index (χ2v) is 4.80. The molecular formula is C14H22O. The lowest BCUT2D eigenvalue weighted by Gasteiger charge is -2.27. The van der Waals surface area contributed by atoms with Gasteiger partial charge in [0, 0.05) is 0 Å². The van der Waals surface area contributed by atoms with E-state index >= 15 is 0 Å². The Labute approximate surface area is 93.1 Å². The van der Waals surface area contributed by atoms with Crippen molar-refractivity contribution in [3.8, 4) is 0 Å². The third-order valence-corrected chi connectivity index (χ3v) is 2.95. The molecule has 0 radical (unpaired) electrons. The Bertz CT molecular complexity index is 327. The standard InChI is InChI=1S/C14H22O/c1-6-7-14(5,15)13-11(3)8-10(2)9-12(13)4/h8-9,15H,6-7H2,1-5H3/t14-/m0/s1. The van der Waals surface area contributed by atoms with Crippen molar-refractivity contribution in [2.24, 2.45) is 0 Å². The molecule has 15 heavy (non-hydrogen) atoms. The van der Waals surface area contributed by atoms with E-state index in [1.807, 2.05) is 6.92 Å². The maximum absolute atomic E-state index is 10.4. The van der Waals surface area contributed by atoms with Crippen LogP contribution in [0.4, 0.5) is 0 Å². The molecule has 0 saturated carbocycles. The fraction of sp³-hybridized carbons (Fsp3) is 0.571. The molecule has 0 aliphatic heterocycles. The van der Waals surface area contributed by atoms with Gasteiger partial charge in [-0.05, 0) is 50.8 Å². The first-order valence-electron chi connectivity index (χ1n) is 5.69. The fourth-order valence-corrected chi connectivity index (χ4v) is 2.64. The summed E-state index contributed by atoms with van der Waals surface area (Å²) in [5.41, 5.74) is 4.09. The zero-order valence-corrected chi connectivity index (χ0v) is 10.5. The van der Waals surface area contributed by atoms with Crippen LogP contribution in [0.25, 0.3) is 0 Å². The first kappa shape index (κ1) is 12.3. The molecule has 84 valence electrons. The zero-order valence-electron chi connectivity index (χ0n) is 10.5. The Kier molecular flexibility index (Phi) is 3.56. The van der Waals surface area contributed by atoms with Crippen LogP contribution in [0.15, 0.2) is 12.1 Å². The van der Waals surface area contributed by atoms with E-state index in [0.29, 0.717) is 0 Å². The molecular weight excluding hydrogens is 184 g/mol. The van der Waals surface area contributed by atoms with Crippen molar-refractivity contribution in [1.82, 2.24) is 0 Å². The minimum atomic E-state index is -0.684. The van der Waals surface area contributed by atoms with Gasteiger partial charge in [0.1, 0.15) is 0 Å². The molecule has 1 aromatic rings. The molecule has 0 fully saturated rings. The highest BCUT2D eigenvalue weighted by Crippen LogP contribution is 2.31. The summed E-state index contributed by atoms with van der Waals surface area (Å²) < 4.78 is 0. The molecule has 0 aliphatic carbocycles. The topological polar surface area (TPSA) is 20.2 Å². The van der Waals surface area contributed by atoms with Gasteiger partial charge in [0.15, 0.2) is 0 Å². The van der Waals surface area contributed by atoms with E-state index in [4.69, 9.17) is 0 Å². The Balaban J connectivity index is 3.24. The Morgan fingerprint density at radius 3 is 2.00 bits per heavy atom. The molecule has 1 heteroatoms. The molecule has 0 amide bonds. The van der Waals surface area contributed by atoms with Gasteiger partial charge >= 0.3 is 0 Å². The zero-order chi connectivity index (χ0) is 11.6. The van der Waals surface area contributed by atoms with Gasteiger partial charge in [-0.3, -0.25) is 0 Å². The Morgan fingerprint density at radius 1 is 1.13 bits per heavy atom. The van der Waals surface area contributed by atoms with Crippen molar-refractivity contribution in [3.63, 3.8) is 0 Å². The van der Waals surface area contributed by atoms with Crippen LogP contribution < -0.4 is 0 Å². The third kappa shape index (κ3) is 2.60. The van der Waals surface area contributed by atoms with E-state index in [-0.39, 0.29) is 0 Å². The van der Waals surface area contributed by atoms with Gasteiger partial charge in [-0.1, -0.05) is 31.0 Å². The monoisotopic (exact) mass is 206 g/mol. The summed E-state index contributed by atoms with van der Waals surface area (Å²) in [7, 11) is 0. The maximum Gasteiger partial charge on any atom is 0.0873 e. The molecule has 0 bridgehead atoms. The van der Waals surface area contributed by atoms with Crippen LogP contribution in [0, 0.1) is 20.8 Å². The van der Waals surface area contributed by atoms with Crippen LogP contribution in [0.3, 0.4) is 0 Å². The average molecular weight is 206 g/mol. The van der Waals surface area contributed by atoms with Crippen molar-refractivity contribution in [3.05, 3.63) is 34.4 Å². The highest BCUT2D eigenvalue weighted by Gasteiger charge is 2.25. The highest BCUT2D eigenvalue weighted by atomic mass is 16.3. The third-order valence-electron chi connectivity index (χ3n) is 2.95. The molecule has 0 spiro atoms. The summed E-state index contributed by atoms with van der Waals surface area (Å²) in [6.45, 7) is 10.3. The number of benzene rings is 1. The first-order valence-corrected chi connectivity index (χ1v) is 5.69. The Hall–Kier alpha value is -0.820. The molecule has 1 atom stereocenters. The number of aliphatic hydroxyl groups is 1. The predicted octanol–water partition coefficient (Wildman–Crippen LogP) is 3.62. The molecule has 1 nitrogen and oxygen atoms in total. The lowest BCUT2D eigenvalue weighted by atomic mass is 9.84. The van der Waals surface area contributed by atoms with Crippen molar-refractivity contribution in [2.75, 3.05) is 0 Å². The summed E-state index contributed by atoms with van der Waals surface area (Å²) >= 11 is 0. The van der Waals surface area contributed by atoms with E-state index < -0.39 is 5.60 Å². The molecule has 0 heterocycles.